The summed E-state index contributed by atoms with van der Waals surface area (Å²) in [6, 6.07) is 6.97. The van der Waals surface area contributed by atoms with E-state index < -0.39 is 12.1 Å². The maximum Gasteiger partial charge on any atom is 0.243 e. The molecule has 3 N–H and O–H groups in total. The molecule has 2 aromatic rings. The molecule has 3 rings (SSSR count). The Balaban J connectivity index is 1.66. The minimum absolute atomic E-state index is 0.114. The highest BCUT2D eigenvalue weighted by atomic mass is 32.1. The Morgan fingerprint density at radius 2 is 1.93 bits per heavy atom. The highest BCUT2D eigenvalue weighted by molar-refractivity contribution is 7.13. The number of nitrogens with one attached hydrogen (secondary N) is 1. The summed E-state index contributed by atoms with van der Waals surface area (Å²) in [6.07, 6.45) is 1.49. The lowest BCUT2D eigenvalue weighted by Gasteiger charge is -2.33. The van der Waals surface area contributed by atoms with Crippen LogP contribution in [0.5, 0.6) is 0 Å². The molecule has 7 heteroatoms. The second-order valence-corrected chi connectivity index (χ2v) is 10.0. The predicted molar refractivity (Wildman–Crippen MR) is 121 cm³/mol. The fourth-order valence-electron chi connectivity index (χ4n) is 3.75. The largest absolute Gasteiger partial charge is 0.348 e. The molecule has 0 bridgehead atoms. The molecule has 6 nitrogen and oxygen atoms in total. The monoisotopic (exact) mass is 428 g/mol. The molecule has 1 aliphatic rings. The van der Waals surface area contributed by atoms with Crippen LogP contribution < -0.4 is 11.1 Å². The van der Waals surface area contributed by atoms with Gasteiger partial charge in [-0.3, -0.25) is 9.59 Å². The van der Waals surface area contributed by atoms with Crippen LogP contribution >= 0.6 is 11.3 Å². The molecule has 1 unspecified atom stereocenters. The molecule has 0 radical (unpaired) electrons. The van der Waals surface area contributed by atoms with Gasteiger partial charge in [0.05, 0.1) is 28.2 Å². The van der Waals surface area contributed by atoms with E-state index in [9.17, 15) is 9.59 Å². The number of likely N-dealkylation sites (tertiary alicyclic amines) is 1. The summed E-state index contributed by atoms with van der Waals surface area (Å²) in [5.74, 6) is -0.256. The first-order valence-corrected chi connectivity index (χ1v) is 11.3. The van der Waals surface area contributed by atoms with Gasteiger partial charge in [0.2, 0.25) is 11.8 Å². The van der Waals surface area contributed by atoms with Crippen LogP contribution in [0, 0.1) is 12.3 Å². The van der Waals surface area contributed by atoms with E-state index in [4.69, 9.17) is 5.73 Å². The number of hydrogen-bond donors (Lipinski definition) is 2. The summed E-state index contributed by atoms with van der Waals surface area (Å²) in [5, 5.41) is 3.08. The minimum Gasteiger partial charge on any atom is -0.348 e. The van der Waals surface area contributed by atoms with Crippen molar-refractivity contribution >= 4 is 23.2 Å². The number of aromatic nitrogens is 1. The van der Waals surface area contributed by atoms with E-state index in [1.165, 1.54) is 0 Å². The van der Waals surface area contributed by atoms with Crippen molar-refractivity contribution in [3.8, 4) is 10.4 Å². The summed E-state index contributed by atoms with van der Waals surface area (Å²) >= 11 is 1.62. The van der Waals surface area contributed by atoms with E-state index in [2.05, 4.69) is 22.4 Å². The zero-order valence-electron chi connectivity index (χ0n) is 18.4. The van der Waals surface area contributed by atoms with Gasteiger partial charge in [0.25, 0.3) is 0 Å². The minimum atomic E-state index is -0.619. The normalized spacial score (nSPS) is 18.9. The Kier molecular flexibility index (Phi) is 6.62. The van der Waals surface area contributed by atoms with Crippen LogP contribution in [-0.2, 0) is 9.59 Å². The summed E-state index contributed by atoms with van der Waals surface area (Å²) in [7, 11) is 0. The van der Waals surface area contributed by atoms with Gasteiger partial charge >= 0.3 is 0 Å². The third kappa shape index (κ3) is 4.73. The molecule has 2 heterocycles. The third-order valence-corrected chi connectivity index (χ3v) is 6.79. The van der Waals surface area contributed by atoms with E-state index in [0.717, 1.165) is 28.1 Å². The van der Waals surface area contributed by atoms with Gasteiger partial charge in [-0.1, -0.05) is 45.0 Å². The highest BCUT2D eigenvalue weighted by Crippen LogP contribution is 2.29. The van der Waals surface area contributed by atoms with Crippen molar-refractivity contribution in [2.75, 3.05) is 6.54 Å². The van der Waals surface area contributed by atoms with E-state index in [1.54, 1.807) is 16.2 Å². The Labute approximate surface area is 182 Å². The van der Waals surface area contributed by atoms with Crippen LogP contribution in [0.15, 0.2) is 29.8 Å². The van der Waals surface area contributed by atoms with Crippen LogP contribution in [0.4, 0.5) is 0 Å². The SMILES string of the molecule is Cc1ncsc1-c1ccc(C(C)NC(=O)[C@@H]2CCCN2C(=O)[C@@H](N)C(C)(C)C)cc1. The van der Waals surface area contributed by atoms with Gasteiger partial charge in [-0.15, -0.1) is 11.3 Å². The van der Waals surface area contributed by atoms with Crippen molar-refractivity contribution in [1.82, 2.24) is 15.2 Å². The number of amides is 2. The topological polar surface area (TPSA) is 88.3 Å². The Hall–Kier alpha value is -2.25. The molecule has 2 amide bonds. The predicted octanol–water partition coefficient (Wildman–Crippen LogP) is 3.66. The summed E-state index contributed by atoms with van der Waals surface area (Å²) < 4.78 is 0. The lowest BCUT2D eigenvalue weighted by molar-refractivity contribution is -0.141. The number of nitrogens with zero attached hydrogens (tertiary/aromatic N) is 2. The van der Waals surface area contributed by atoms with Gasteiger partial charge in [0.1, 0.15) is 6.04 Å². The highest BCUT2D eigenvalue weighted by Gasteiger charge is 2.39. The number of benzene rings is 1. The van der Waals surface area contributed by atoms with Crippen LogP contribution in [0.2, 0.25) is 0 Å². The fraction of sp³-hybridized carbons (Fsp3) is 0.522. The molecular formula is C23H32N4O2S. The number of nitrogens with two attached hydrogens (primary N) is 1. The molecule has 1 aromatic carbocycles. The second kappa shape index (κ2) is 8.86. The van der Waals surface area contributed by atoms with Crippen molar-refractivity contribution in [2.45, 2.75) is 65.6 Å². The van der Waals surface area contributed by atoms with Crippen molar-refractivity contribution in [1.29, 1.82) is 0 Å². The van der Waals surface area contributed by atoms with E-state index in [1.807, 2.05) is 52.3 Å². The zero-order valence-corrected chi connectivity index (χ0v) is 19.3. The summed E-state index contributed by atoms with van der Waals surface area (Å²) in [6.45, 7) is 10.4. The number of carbonyl (C=O) groups is 2. The number of thiazole rings is 1. The Bertz CT molecular complexity index is 901. The Morgan fingerprint density at radius 3 is 2.50 bits per heavy atom. The number of carbonyl (C=O) groups excluding carboxylic acids is 2. The van der Waals surface area contributed by atoms with Crippen LogP contribution in [0.3, 0.4) is 0 Å². The maximum absolute atomic E-state index is 13.0. The standard InChI is InChI=1S/C23H32N4O2S/c1-14(16-8-10-17(11-9-16)19-15(2)25-13-30-19)26-21(28)18-7-6-12-27(18)22(29)20(24)23(3,4)5/h8-11,13-14,18,20H,6-7,12,24H2,1-5H3,(H,26,28)/t14?,18-,20+/m0/s1. The fourth-order valence-corrected chi connectivity index (χ4v) is 4.56. The van der Waals surface area contributed by atoms with Crippen molar-refractivity contribution in [3.63, 3.8) is 0 Å². The number of aryl methyl sites for hydroxylation is 1. The molecule has 1 saturated heterocycles. The van der Waals surface area contributed by atoms with Crippen molar-refractivity contribution in [3.05, 3.63) is 41.0 Å². The van der Waals surface area contributed by atoms with E-state index >= 15 is 0 Å². The number of hydrogen-bond acceptors (Lipinski definition) is 5. The third-order valence-electron chi connectivity index (χ3n) is 5.81. The van der Waals surface area contributed by atoms with Gasteiger partial charge in [-0.25, -0.2) is 4.98 Å². The molecular weight excluding hydrogens is 396 g/mol. The first kappa shape index (κ1) is 22.4. The van der Waals surface area contributed by atoms with Crippen molar-refractivity contribution < 1.29 is 9.59 Å². The lowest BCUT2D eigenvalue weighted by atomic mass is 9.86. The molecule has 0 spiro atoms. The van der Waals surface area contributed by atoms with Crippen LogP contribution in [0.25, 0.3) is 10.4 Å². The molecule has 0 aliphatic carbocycles. The molecule has 1 aliphatic heterocycles. The Morgan fingerprint density at radius 1 is 1.27 bits per heavy atom. The van der Waals surface area contributed by atoms with Gasteiger partial charge in [0.15, 0.2) is 0 Å². The first-order chi connectivity index (χ1) is 14.1. The first-order valence-electron chi connectivity index (χ1n) is 10.5. The average Bonchev–Trinajstić information content (AvgIpc) is 3.35. The lowest BCUT2D eigenvalue weighted by Crippen LogP contribution is -2.55. The van der Waals surface area contributed by atoms with E-state index in [0.29, 0.717) is 13.0 Å². The van der Waals surface area contributed by atoms with Gasteiger partial charge in [-0.05, 0) is 43.2 Å². The van der Waals surface area contributed by atoms with Gasteiger partial charge < -0.3 is 16.0 Å². The van der Waals surface area contributed by atoms with Crippen molar-refractivity contribution in [2.24, 2.45) is 11.1 Å². The van der Waals surface area contributed by atoms with E-state index in [-0.39, 0.29) is 23.3 Å². The molecule has 30 heavy (non-hydrogen) atoms. The molecule has 3 atom stereocenters. The van der Waals surface area contributed by atoms with Gasteiger partial charge in [0, 0.05) is 6.54 Å². The zero-order chi connectivity index (χ0) is 22.1. The summed E-state index contributed by atoms with van der Waals surface area (Å²) in [5.41, 5.74) is 10.8. The van der Waals surface area contributed by atoms with Crippen LogP contribution in [-0.4, -0.2) is 40.3 Å². The molecule has 1 fully saturated rings. The van der Waals surface area contributed by atoms with Crippen LogP contribution in [0.1, 0.15) is 57.8 Å². The molecule has 162 valence electrons. The second-order valence-electron chi connectivity index (χ2n) is 9.15. The number of rotatable bonds is 5. The van der Waals surface area contributed by atoms with Gasteiger partial charge in [-0.2, -0.15) is 0 Å². The average molecular weight is 429 g/mol. The maximum atomic E-state index is 13.0. The molecule has 1 aromatic heterocycles. The quantitative estimate of drug-likeness (QED) is 0.761. The smallest absolute Gasteiger partial charge is 0.243 e. The molecule has 0 saturated carbocycles. The summed E-state index contributed by atoms with van der Waals surface area (Å²) in [4.78, 5) is 32.9.